The second-order valence-electron chi connectivity index (χ2n) is 6.21. The number of carbonyl (C=O) groups excluding carboxylic acids is 1. The van der Waals surface area contributed by atoms with Gasteiger partial charge in [-0.25, -0.2) is 13.1 Å². The molecule has 22 heavy (non-hydrogen) atoms. The largest absolute Gasteiger partial charge is 0.268 e. The number of aromatic nitrogens is 2. The lowest BCUT2D eigenvalue weighted by Crippen LogP contribution is -2.34. The zero-order valence-electron chi connectivity index (χ0n) is 13.5. The van der Waals surface area contributed by atoms with Crippen LogP contribution in [0.3, 0.4) is 0 Å². The van der Waals surface area contributed by atoms with Crippen LogP contribution < -0.4 is 4.72 Å². The Kier molecular flexibility index (Phi) is 5.26. The van der Waals surface area contributed by atoms with E-state index >= 15 is 0 Å². The molecule has 1 fully saturated rings. The average molecular weight is 327 g/mol. The fourth-order valence-electron chi connectivity index (χ4n) is 2.99. The molecule has 0 spiro atoms. The molecule has 0 aromatic carbocycles. The Bertz CT molecular complexity index is 630. The number of rotatable bonds is 6. The van der Waals surface area contributed by atoms with Gasteiger partial charge in [0.15, 0.2) is 0 Å². The second kappa shape index (κ2) is 6.81. The van der Waals surface area contributed by atoms with Crippen LogP contribution in [-0.2, 0) is 10.0 Å². The Labute approximate surface area is 132 Å². The molecule has 1 aromatic heterocycles. The Hall–Kier alpha value is -1.37. The summed E-state index contributed by atoms with van der Waals surface area (Å²) in [6.45, 7) is 5.84. The Morgan fingerprint density at radius 2 is 2.09 bits per heavy atom. The molecule has 0 aliphatic heterocycles. The predicted molar refractivity (Wildman–Crippen MR) is 85.2 cm³/mol. The molecule has 1 N–H and O–H groups in total. The van der Waals surface area contributed by atoms with Crippen LogP contribution in [0.2, 0.25) is 0 Å². The van der Waals surface area contributed by atoms with Crippen LogP contribution in [-0.4, -0.2) is 29.9 Å². The maximum absolute atomic E-state index is 12.2. The monoisotopic (exact) mass is 327 g/mol. The summed E-state index contributed by atoms with van der Waals surface area (Å²) >= 11 is 0. The Morgan fingerprint density at radius 3 is 2.68 bits per heavy atom. The molecule has 0 saturated heterocycles. The van der Waals surface area contributed by atoms with E-state index in [1.54, 1.807) is 11.6 Å². The molecule has 1 saturated carbocycles. The third-order valence-electron chi connectivity index (χ3n) is 4.48. The molecular formula is C15H25N3O3S. The van der Waals surface area contributed by atoms with Gasteiger partial charge in [0.05, 0.1) is 17.5 Å². The molecular weight excluding hydrogens is 302 g/mol. The minimum Gasteiger partial charge on any atom is -0.268 e. The standard InChI is InChI=1S/C15H25N3O3S/c1-4-11(2)18-12(3)14(9-16-18)15(19)17-22(20,21)10-13-7-5-6-8-13/h9,11,13H,4-8,10H2,1-3H3,(H,17,19)/t11-/m0/s1. The summed E-state index contributed by atoms with van der Waals surface area (Å²) in [6, 6.07) is 0.177. The van der Waals surface area contributed by atoms with Crippen LogP contribution in [0.15, 0.2) is 6.20 Å². The zero-order valence-corrected chi connectivity index (χ0v) is 14.3. The van der Waals surface area contributed by atoms with Crippen molar-refractivity contribution in [3.8, 4) is 0 Å². The van der Waals surface area contributed by atoms with E-state index in [2.05, 4.69) is 9.82 Å². The minimum absolute atomic E-state index is 0.0390. The van der Waals surface area contributed by atoms with E-state index in [0.29, 0.717) is 11.3 Å². The van der Waals surface area contributed by atoms with Gasteiger partial charge in [0.25, 0.3) is 5.91 Å². The summed E-state index contributed by atoms with van der Waals surface area (Å²) in [6.07, 6.45) is 6.36. The fourth-order valence-corrected chi connectivity index (χ4v) is 4.42. The van der Waals surface area contributed by atoms with Gasteiger partial charge < -0.3 is 0 Å². The highest BCUT2D eigenvalue weighted by molar-refractivity contribution is 7.90. The average Bonchev–Trinajstić information content (AvgIpc) is 3.06. The van der Waals surface area contributed by atoms with E-state index < -0.39 is 15.9 Å². The van der Waals surface area contributed by atoms with Crippen molar-refractivity contribution in [1.29, 1.82) is 0 Å². The van der Waals surface area contributed by atoms with Crippen molar-refractivity contribution in [3.05, 3.63) is 17.5 Å². The Balaban J connectivity index is 2.07. The van der Waals surface area contributed by atoms with Crippen LogP contribution >= 0.6 is 0 Å². The van der Waals surface area contributed by atoms with Crippen molar-refractivity contribution in [3.63, 3.8) is 0 Å². The first kappa shape index (κ1) is 17.0. The minimum atomic E-state index is -3.58. The SMILES string of the molecule is CC[C@H](C)n1ncc(C(=O)NS(=O)(=O)CC2CCCC2)c1C. The molecule has 0 unspecified atom stereocenters. The summed E-state index contributed by atoms with van der Waals surface area (Å²) in [5.41, 5.74) is 1.03. The van der Waals surface area contributed by atoms with E-state index in [1.165, 1.54) is 6.20 Å². The summed E-state index contributed by atoms with van der Waals surface area (Å²) in [7, 11) is -3.58. The summed E-state index contributed by atoms with van der Waals surface area (Å²) in [4.78, 5) is 12.2. The maximum atomic E-state index is 12.2. The van der Waals surface area contributed by atoms with Gasteiger partial charge in [0, 0.05) is 11.7 Å². The van der Waals surface area contributed by atoms with Crippen LogP contribution in [0.4, 0.5) is 0 Å². The van der Waals surface area contributed by atoms with Crippen LogP contribution in [0.5, 0.6) is 0 Å². The van der Waals surface area contributed by atoms with Crippen molar-refractivity contribution >= 4 is 15.9 Å². The van der Waals surface area contributed by atoms with Crippen LogP contribution in [0.1, 0.15) is 68.0 Å². The van der Waals surface area contributed by atoms with Crippen molar-refractivity contribution in [2.24, 2.45) is 5.92 Å². The number of carbonyl (C=O) groups is 1. The van der Waals surface area contributed by atoms with Crippen LogP contribution in [0.25, 0.3) is 0 Å². The lowest BCUT2D eigenvalue weighted by Gasteiger charge is -2.13. The number of amides is 1. The number of nitrogens with one attached hydrogen (secondary N) is 1. The van der Waals surface area contributed by atoms with E-state index in [4.69, 9.17) is 0 Å². The smallest absolute Gasteiger partial charge is 0.268 e. The van der Waals surface area contributed by atoms with Crippen molar-refractivity contribution in [2.45, 2.75) is 58.9 Å². The first-order valence-corrected chi connectivity index (χ1v) is 9.58. The first-order valence-electron chi connectivity index (χ1n) is 7.93. The predicted octanol–water partition coefficient (Wildman–Crippen LogP) is 2.41. The van der Waals surface area contributed by atoms with Gasteiger partial charge in [-0.2, -0.15) is 5.10 Å². The van der Waals surface area contributed by atoms with Gasteiger partial charge in [0.1, 0.15) is 0 Å². The topological polar surface area (TPSA) is 81.1 Å². The molecule has 6 nitrogen and oxygen atoms in total. The summed E-state index contributed by atoms with van der Waals surface area (Å²) in [5, 5.41) is 4.20. The second-order valence-corrected chi connectivity index (χ2v) is 7.98. The molecule has 1 atom stereocenters. The molecule has 124 valence electrons. The van der Waals surface area contributed by atoms with Crippen molar-refractivity contribution in [1.82, 2.24) is 14.5 Å². The third kappa shape index (κ3) is 3.88. The summed E-state index contributed by atoms with van der Waals surface area (Å²) < 4.78 is 28.2. The lowest BCUT2D eigenvalue weighted by atomic mass is 10.1. The highest BCUT2D eigenvalue weighted by atomic mass is 32.2. The van der Waals surface area contributed by atoms with Crippen LogP contribution in [0, 0.1) is 12.8 Å². The van der Waals surface area contributed by atoms with Gasteiger partial charge in [-0.1, -0.05) is 19.8 Å². The number of hydrogen-bond acceptors (Lipinski definition) is 4. The van der Waals surface area contributed by atoms with E-state index in [1.807, 2.05) is 13.8 Å². The van der Waals surface area contributed by atoms with Crippen molar-refractivity contribution in [2.75, 3.05) is 5.75 Å². The first-order chi connectivity index (χ1) is 10.3. The normalized spacial score (nSPS) is 17.6. The molecule has 2 rings (SSSR count). The molecule has 1 amide bonds. The highest BCUT2D eigenvalue weighted by Gasteiger charge is 2.26. The zero-order chi connectivity index (χ0) is 16.3. The molecule has 1 heterocycles. The number of nitrogens with zero attached hydrogens (tertiary/aromatic N) is 2. The molecule has 1 aliphatic carbocycles. The third-order valence-corrected chi connectivity index (χ3v) is 5.88. The van der Waals surface area contributed by atoms with Crippen molar-refractivity contribution < 1.29 is 13.2 Å². The number of hydrogen-bond donors (Lipinski definition) is 1. The van der Waals surface area contributed by atoms with Gasteiger partial charge in [-0.15, -0.1) is 0 Å². The molecule has 1 aliphatic rings. The highest BCUT2D eigenvalue weighted by Crippen LogP contribution is 2.25. The molecule has 0 bridgehead atoms. The van der Waals surface area contributed by atoms with E-state index in [9.17, 15) is 13.2 Å². The molecule has 7 heteroatoms. The quantitative estimate of drug-likeness (QED) is 0.870. The molecule has 1 aromatic rings. The van der Waals surface area contributed by atoms with Gasteiger partial charge in [-0.05, 0) is 39.0 Å². The molecule has 0 radical (unpaired) electrons. The van der Waals surface area contributed by atoms with Gasteiger partial charge in [-0.3, -0.25) is 9.48 Å². The van der Waals surface area contributed by atoms with Gasteiger partial charge in [0.2, 0.25) is 10.0 Å². The lowest BCUT2D eigenvalue weighted by molar-refractivity contribution is 0.0980. The number of sulfonamides is 1. The van der Waals surface area contributed by atoms with E-state index in [-0.39, 0.29) is 17.7 Å². The van der Waals surface area contributed by atoms with E-state index in [0.717, 1.165) is 32.1 Å². The Morgan fingerprint density at radius 1 is 1.45 bits per heavy atom. The summed E-state index contributed by atoms with van der Waals surface area (Å²) in [5.74, 6) is -0.364. The fraction of sp³-hybridized carbons (Fsp3) is 0.733. The van der Waals surface area contributed by atoms with Gasteiger partial charge >= 0.3 is 0 Å². The maximum Gasteiger partial charge on any atom is 0.268 e.